The van der Waals surface area contributed by atoms with Gasteiger partial charge in [-0.05, 0) is 59.3 Å². The van der Waals surface area contributed by atoms with Crippen molar-refractivity contribution in [2.24, 2.45) is 17.8 Å². The molecule has 0 bridgehead atoms. The fourth-order valence-corrected chi connectivity index (χ4v) is 6.05. The number of carboxylic acid groups (broad SMARTS) is 3. The Bertz CT molecular complexity index is 682. The Balaban J connectivity index is 4.19. The third-order valence-electron chi connectivity index (χ3n) is 8.64. The van der Waals surface area contributed by atoms with Gasteiger partial charge in [0.1, 0.15) is 17.8 Å². The minimum atomic E-state index is -0.931. The summed E-state index contributed by atoms with van der Waals surface area (Å²) in [5.74, 6) is -4.80. The molecule has 0 radical (unpaired) electrons. The number of allylic oxidation sites excluding steroid dienone is 2. The molecule has 0 rings (SSSR count). The normalized spacial score (nSPS) is 15.3. The smallest absolute Gasteiger partial charge is 0.311 e. The molecule has 246 valence electrons. The van der Waals surface area contributed by atoms with E-state index in [0.29, 0.717) is 6.54 Å². The number of carbonyl (C=O) groups is 3. The second-order valence-electron chi connectivity index (χ2n) is 13.0. The summed E-state index contributed by atoms with van der Waals surface area (Å²) in [4.78, 5) is 34.9. The molecule has 3 atom stereocenters. The van der Waals surface area contributed by atoms with Gasteiger partial charge in [-0.2, -0.15) is 0 Å². The van der Waals surface area contributed by atoms with Gasteiger partial charge in [0, 0.05) is 0 Å². The van der Waals surface area contributed by atoms with Gasteiger partial charge in [0.2, 0.25) is 0 Å². The molecule has 42 heavy (non-hydrogen) atoms. The fraction of sp³-hybridized carbons (Fsp3) is 0.857. The number of nitrogens with zero attached hydrogens (tertiary/aromatic N) is 1. The van der Waals surface area contributed by atoms with Crippen molar-refractivity contribution in [3.05, 3.63) is 12.2 Å². The molecule has 7 nitrogen and oxygen atoms in total. The van der Waals surface area contributed by atoms with Crippen LogP contribution in [0.2, 0.25) is 0 Å². The third-order valence-corrected chi connectivity index (χ3v) is 8.64. The Morgan fingerprint density at radius 3 is 1.10 bits per heavy atom. The van der Waals surface area contributed by atoms with Crippen LogP contribution in [-0.2, 0) is 14.4 Å². The van der Waals surface area contributed by atoms with Gasteiger partial charge in [-0.25, -0.2) is 0 Å². The maximum absolute atomic E-state index is 11.6. The molecule has 0 aromatic carbocycles. The molecule has 0 saturated carbocycles. The highest BCUT2D eigenvalue weighted by Gasteiger charge is 2.38. The summed E-state index contributed by atoms with van der Waals surface area (Å²) < 4.78 is 0.226. The van der Waals surface area contributed by atoms with Crippen LogP contribution in [-0.4, -0.2) is 63.9 Å². The lowest BCUT2D eigenvalue weighted by atomic mass is 10.00. The van der Waals surface area contributed by atoms with Crippen molar-refractivity contribution in [3.63, 3.8) is 0 Å². The first-order valence-electron chi connectivity index (χ1n) is 17.2. The number of rotatable bonds is 30. The summed E-state index contributed by atoms with van der Waals surface area (Å²) in [7, 11) is 0. The van der Waals surface area contributed by atoms with Crippen LogP contribution in [0.3, 0.4) is 0 Å². The summed E-state index contributed by atoms with van der Waals surface area (Å²) in [5, 5.41) is 28.6. The molecule has 0 aromatic rings. The maximum atomic E-state index is 11.6. The molecule has 0 fully saturated rings. The second kappa shape index (κ2) is 25.6. The zero-order valence-corrected chi connectivity index (χ0v) is 27.7. The van der Waals surface area contributed by atoms with Gasteiger partial charge in [0.15, 0.2) is 0 Å². The second-order valence-corrected chi connectivity index (χ2v) is 13.0. The first-order chi connectivity index (χ1) is 20.0. The minimum Gasteiger partial charge on any atom is -0.481 e. The summed E-state index contributed by atoms with van der Waals surface area (Å²) in [6.07, 6.45) is 28.6. The zero-order chi connectivity index (χ0) is 31.6. The largest absolute Gasteiger partial charge is 0.481 e. The quantitative estimate of drug-likeness (QED) is 0.0433. The number of carboxylic acids is 3. The number of aliphatic carboxylic acids is 3. The Labute approximate surface area is 257 Å². The molecule has 0 spiro atoms. The van der Waals surface area contributed by atoms with E-state index < -0.39 is 35.7 Å². The van der Waals surface area contributed by atoms with Crippen LogP contribution in [0.25, 0.3) is 0 Å². The van der Waals surface area contributed by atoms with Crippen molar-refractivity contribution in [3.8, 4) is 0 Å². The lowest BCUT2D eigenvalue weighted by Gasteiger charge is -2.42. The average molecular weight is 597 g/mol. The number of hydrogen-bond donors (Lipinski definition) is 3. The van der Waals surface area contributed by atoms with Gasteiger partial charge in [-0.15, -0.1) is 0 Å². The van der Waals surface area contributed by atoms with Crippen molar-refractivity contribution in [1.29, 1.82) is 0 Å². The Morgan fingerprint density at radius 2 is 0.786 bits per heavy atom. The van der Waals surface area contributed by atoms with Crippen molar-refractivity contribution in [2.75, 3.05) is 26.2 Å². The predicted octanol–water partition coefficient (Wildman–Crippen LogP) is 8.95. The third kappa shape index (κ3) is 21.8. The van der Waals surface area contributed by atoms with Crippen LogP contribution in [0.15, 0.2) is 12.2 Å². The molecule has 3 N–H and O–H groups in total. The molecule has 0 aliphatic heterocycles. The number of quaternary nitrogens is 1. The Kier molecular flexibility index (Phi) is 24.4. The van der Waals surface area contributed by atoms with E-state index in [4.69, 9.17) is 0 Å². The van der Waals surface area contributed by atoms with Crippen molar-refractivity contribution < 1.29 is 34.2 Å². The monoisotopic (exact) mass is 596 g/mol. The van der Waals surface area contributed by atoms with E-state index in [-0.39, 0.29) is 24.1 Å². The zero-order valence-electron chi connectivity index (χ0n) is 27.7. The van der Waals surface area contributed by atoms with Crippen molar-refractivity contribution >= 4 is 17.9 Å². The number of unbranched alkanes of at least 4 members (excludes halogenated alkanes) is 17. The van der Waals surface area contributed by atoms with E-state index in [1.807, 2.05) is 0 Å². The van der Waals surface area contributed by atoms with Crippen LogP contribution in [0.1, 0.15) is 150 Å². The SMILES string of the molecule is CCCCCC/C=C/CCCCCCCCCCCCCCC[N+](CC(C)C(=O)O)(CC(C)C(=O)O)CC(C)C(=O)O. The molecular formula is C35H66NO6+. The van der Waals surface area contributed by atoms with E-state index in [0.717, 1.165) is 19.3 Å². The summed E-state index contributed by atoms with van der Waals surface area (Å²) >= 11 is 0. The predicted molar refractivity (Wildman–Crippen MR) is 173 cm³/mol. The lowest BCUT2D eigenvalue weighted by Crippen LogP contribution is -2.57. The lowest BCUT2D eigenvalue weighted by molar-refractivity contribution is -0.934. The van der Waals surface area contributed by atoms with Gasteiger partial charge in [-0.1, -0.05) is 103 Å². The first kappa shape index (κ1) is 40.1. The minimum absolute atomic E-state index is 0.226. The van der Waals surface area contributed by atoms with Crippen LogP contribution < -0.4 is 0 Å². The van der Waals surface area contributed by atoms with Crippen LogP contribution in [0.4, 0.5) is 0 Å². The van der Waals surface area contributed by atoms with Gasteiger partial charge in [-0.3, -0.25) is 14.4 Å². The maximum Gasteiger partial charge on any atom is 0.311 e. The molecule has 0 aromatic heterocycles. The van der Waals surface area contributed by atoms with Crippen LogP contribution in [0.5, 0.6) is 0 Å². The molecule has 3 unspecified atom stereocenters. The first-order valence-corrected chi connectivity index (χ1v) is 17.2. The number of hydrogen-bond acceptors (Lipinski definition) is 3. The molecule has 0 amide bonds. The average Bonchev–Trinajstić information content (AvgIpc) is 2.93. The Hall–Kier alpha value is -1.89. The van der Waals surface area contributed by atoms with E-state index in [9.17, 15) is 29.7 Å². The molecule has 0 heterocycles. The van der Waals surface area contributed by atoms with Gasteiger partial charge >= 0.3 is 17.9 Å². The van der Waals surface area contributed by atoms with Crippen molar-refractivity contribution in [2.45, 2.75) is 150 Å². The van der Waals surface area contributed by atoms with E-state index >= 15 is 0 Å². The topological polar surface area (TPSA) is 112 Å². The summed E-state index contributed by atoms with van der Waals surface area (Å²) in [5.41, 5.74) is 0. The van der Waals surface area contributed by atoms with E-state index in [1.165, 1.54) is 103 Å². The highest BCUT2D eigenvalue weighted by atomic mass is 16.4. The Morgan fingerprint density at radius 1 is 0.500 bits per heavy atom. The van der Waals surface area contributed by atoms with Gasteiger partial charge in [0.05, 0.1) is 26.2 Å². The van der Waals surface area contributed by atoms with Gasteiger partial charge < -0.3 is 19.8 Å². The molecule has 0 aliphatic rings. The standard InChI is InChI=1S/C35H65NO6/c1-5-6-7-8-9-10-11-12-13-14-15-16-17-18-19-20-21-22-23-24-25-26-36(27-30(2)33(37)38,28-31(3)34(39)40)29-32(4)35(41)42/h10-11,30-32H,5-9,12-29H2,1-4H3,(H2-,37,38,39,40,41,42)/p+1/b11-10+. The van der Waals surface area contributed by atoms with Crippen LogP contribution in [0, 0.1) is 17.8 Å². The van der Waals surface area contributed by atoms with Crippen LogP contribution >= 0.6 is 0 Å². The summed E-state index contributed by atoms with van der Waals surface area (Å²) in [6.45, 7) is 8.50. The summed E-state index contributed by atoms with van der Waals surface area (Å²) in [6, 6.07) is 0. The molecule has 0 saturated heterocycles. The van der Waals surface area contributed by atoms with Gasteiger partial charge in [0.25, 0.3) is 0 Å². The highest BCUT2D eigenvalue weighted by Crippen LogP contribution is 2.22. The fourth-order valence-electron chi connectivity index (χ4n) is 6.05. The van der Waals surface area contributed by atoms with E-state index in [2.05, 4.69) is 19.1 Å². The van der Waals surface area contributed by atoms with E-state index in [1.54, 1.807) is 20.8 Å². The highest BCUT2D eigenvalue weighted by molar-refractivity contribution is 5.70. The molecular weight excluding hydrogens is 530 g/mol. The molecule has 7 heteroatoms. The molecule has 0 aliphatic carbocycles. The van der Waals surface area contributed by atoms with Crippen molar-refractivity contribution in [1.82, 2.24) is 0 Å².